The molecule has 4 nitrogen and oxygen atoms in total. The second-order valence-corrected chi connectivity index (χ2v) is 6.14. The van der Waals surface area contributed by atoms with E-state index in [4.69, 9.17) is 4.74 Å². The first-order valence-electron chi connectivity index (χ1n) is 8.35. The van der Waals surface area contributed by atoms with Gasteiger partial charge in [-0.15, -0.1) is 0 Å². The van der Waals surface area contributed by atoms with Crippen molar-refractivity contribution >= 4 is 17.3 Å². The van der Waals surface area contributed by atoms with Crippen LogP contribution in [0.1, 0.15) is 31.4 Å². The van der Waals surface area contributed by atoms with Crippen LogP contribution < -0.4 is 15.4 Å². The third kappa shape index (κ3) is 5.61. The van der Waals surface area contributed by atoms with Crippen LogP contribution in [0.3, 0.4) is 0 Å². The molecule has 24 heavy (non-hydrogen) atoms. The van der Waals surface area contributed by atoms with Crippen LogP contribution in [-0.2, 0) is 4.79 Å². The predicted molar refractivity (Wildman–Crippen MR) is 99.9 cm³/mol. The van der Waals surface area contributed by atoms with E-state index in [0.29, 0.717) is 0 Å². The summed E-state index contributed by atoms with van der Waals surface area (Å²) in [6.07, 6.45) is 1.10. The molecule has 0 aromatic heterocycles. The summed E-state index contributed by atoms with van der Waals surface area (Å²) in [4.78, 5) is 12.1. The van der Waals surface area contributed by atoms with E-state index in [1.807, 2.05) is 57.2 Å². The molecular weight excluding hydrogens is 300 g/mol. The standard InChI is InChI=1S/C20H26N2O2/c1-5-16(4)24-19-8-6-7-17(12-19)22-20(23)13-21-18-10-14(2)9-15(3)11-18/h6-12,16,21H,5,13H2,1-4H3,(H,22,23). The zero-order valence-corrected chi connectivity index (χ0v) is 14.8. The Morgan fingerprint density at radius 1 is 1.08 bits per heavy atom. The summed E-state index contributed by atoms with van der Waals surface area (Å²) in [6, 6.07) is 13.6. The van der Waals surface area contributed by atoms with Crippen molar-refractivity contribution in [2.24, 2.45) is 0 Å². The maximum Gasteiger partial charge on any atom is 0.243 e. The van der Waals surface area contributed by atoms with Gasteiger partial charge in [-0.25, -0.2) is 0 Å². The third-order valence-corrected chi connectivity index (χ3v) is 3.70. The van der Waals surface area contributed by atoms with Crippen molar-refractivity contribution in [3.05, 3.63) is 53.6 Å². The van der Waals surface area contributed by atoms with E-state index in [9.17, 15) is 4.79 Å². The number of carbonyl (C=O) groups is 1. The SMILES string of the molecule is CCC(C)Oc1cccc(NC(=O)CNc2cc(C)cc(C)c2)c1. The van der Waals surface area contributed by atoms with Crippen molar-refractivity contribution in [3.8, 4) is 5.75 Å². The van der Waals surface area contributed by atoms with Crippen molar-refractivity contribution < 1.29 is 9.53 Å². The molecule has 1 amide bonds. The monoisotopic (exact) mass is 326 g/mol. The third-order valence-electron chi connectivity index (χ3n) is 3.70. The summed E-state index contributed by atoms with van der Waals surface area (Å²) >= 11 is 0. The van der Waals surface area contributed by atoms with E-state index < -0.39 is 0 Å². The molecule has 0 fully saturated rings. The molecule has 0 aliphatic rings. The first-order chi connectivity index (χ1) is 11.5. The van der Waals surface area contributed by atoms with Gasteiger partial charge in [0.1, 0.15) is 5.75 Å². The average molecular weight is 326 g/mol. The van der Waals surface area contributed by atoms with Gasteiger partial charge in [0.15, 0.2) is 0 Å². The van der Waals surface area contributed by atoms with Gasteiger partial charge >= 0.3 is 0 Å². The van der Waals surface area contributed by atoms with Crippen LogP contribution in [0.2, 0.25) is 0 Å². The minimum absolute atomic E-state index is 0.0881. The van der Waals surface area contributed by atoms with Gasteiger partial charge in [0.05, 0.1) is 12.6 Å². The minimum atomic E-state index is -0.0881. The summed E-state index contributed by atoms with van der Waals surface area (Å²) in [5, 5.41) is 6.05. The Bertz CT molecular complexity index is 678. The number of carbonyl (C=O) groups excluding carboxylic acids is 1. The molecule has 2 aromatic carbocycles. The zero-order valence-electron chi connectivity index (χ0n) is 14.8. The molecule has 0 aliphatic carbocycles. The van der Waals surface area contributed by atoms with Gasteiger partial charge in [-0.3, -0.25) is 4.79 Å². The Labute approximate surface area is 144 Å². The molecule has 0 saturated heterocycles. The summed E-state index contributed by atoms with van der Waals surface area (Å²) in [7, 11) is 0. The molecule has 1 unspecified atom stereocenters. The highest BCUT2D eigenvalue weighted by molar-refractivity contribution is 5.93. The molecule has 0 saturated carbocycles. The molecule has 0 aliphatic heterocycles. The van der Waals surface area contributed by atoms with Crippen LogP contribution in [0, 0.1) is 13.8 Å². The lowest BCUT2D eigenvalue weighted by molar-refractivity contribution is -0.114. The molecule has 2 aromatic rings. The molecule has 4 heteroatoms. The number of anilines is 2. The smallest absolute Gasteiger partial charge is 0.243 e. The number of nitrogens with one attached hydrogen (secondary N) is 2. The second-order valence-electron chi connectivity index (χ2n) is 6.14. The summed E-state index contributed by atoms with van der Waals surface area (Å²) < 4.78 is 5.77. The van der Waals surface area contributed by atoms with Crippen molar-refractivity contribution in [2.75, 3.05) is 17.2 Å². The molecule has 128 valence electrons. The van der Waals surface area contributed by atoms with Crippen LogP contribution in [0.15, 0.2) is 42.5 Å². The van der Waals surface area contributed by atoms with Crippen molar-refractivity contribution in [1.82, 2.24) is 0 Å². The highest BCUT2D eigenvalue weighted by Gasteiger charge is 2.06. The molecular formula is C20H26N2O2. The Morgan fingerprint density at radius 3 is 2.46 bits per heavy atom. The predicted octanol–water partition coefficient (Wildman–Crippen LogP) is 4.53. The molecule has 0 heterocycles. The largest absolute Gasteiger partial charge is 0.491 e. The van der Waals surface area contributed by atoms with Gasteiger partial charge in [-0.1, -0.05) is 19.1 Å². The van der Waals surface area contributed by atoms with Gasteiger partial charge in [0.2, 0.25) is 5.91 Å². The van der Waals surface area contributed by atoms with Gasteiger partial charge in [0.25, 0.3) is 0 Å². The van der Waals surface area contributed by atoms with Crippen LogP contribution in [0.25, 0.3) is 0 Å². The number of rotatable bonds is 7. The van der Waals surface area contributed by atoms with Crippen LogP contribution in [-0.4, -0.2) is 18.6 Å². The van der Waals surface area contributed by atoms with Crippen molar-refractivity contribution in [2.45, 2.75) is 40.2 Å². The molecule has 1 atom stereocenters. The molecule has 0 bridgehead atoms. The highest BCUT2D eigenvalue weighted by Crippen LogP contribution is 2.19. The number of aryl methyl sites for hydroxylation is 2. The van der Waals surface area contributed by atoms with Gasteiger partial charge in [-0.2, -0.15) is 0 Å². The van der Waals surface area contributed by atoms with Crippen molar-refractivity contribution in [1.29, 1.82) is 0 Å². The number of benzene rings is 2. The summed E-state index contributed by atoms with van der Waals surface area (Å²) in [5.74, 6) is 0.680. The fourth-order valence-corrected chi connectivity index (χ4v) is 2.43. The van der Waals surface area contributed by atoms with E-state index in [2.05, 4.69) is 23.6 Å². The lowest BCUT2D eigenvalue weighted by Gasteiger charge is -2.14. The number of hydrogen-bond donors (Lipinski definition) is 2. The number of ether oxygens (including phenoxy) is 1. The van der Waals surface area contributed by atoms with Gasteiger partial charge in [-0.05, 0) is 62.6 Å². The normalized spacial score (nSPS) is 11.7. The van der Waals surface area contributed by atoms with E-state index in [0.717, 1.165) is 23.5 Å². The first kappa shape index (κ1) is 17.9. The maximum absolute atomic E-state index is 12.1. The van der Waals surface area contributed by atoms with Crippen molar-refractivity contribution in [3.63, 3.8) is 0 Å². The zero-order chi connectivity index (χ0) is 17.5. The highest BCUT2D eigenvalue weighted by atomic mass is 16.5. The topological polar surface area (TPSA) is 50.4 Å². The maximum atomic E-state index is 12.1. The van der Waals surface area contributed by atoms with E-state index in [-0.39, 0.29) is 18.6 Å². The lowest BCUT2D eigenvalue weighted by Crippen LogP contribution is -2.21. The number of amides is 1. The fourth-order valence-electron chi connectivity index (χ4n) is 2.43. The lowest BCUT2D eigenvalue weighted by atomic mass is 10.1. The van der Waals surface area contributed by atoms with Gasteiger partial charge < -0.3 is 15.4 Å². The summed E-state index contributed by atoms with van der Waals surface area (Å²) in [6.45, 7) is 8.41. The first-order valence-corrected chi connectivity index (χ1v) is 8.35. The molecule has 2 rings (SSSR count). The molecule has 0 radical (unpaired) electrons. The van der Waals surface area contributed by atoms with Crippen LogP contribution >= 0.6 is 0 Å². The molecule has 0 spiro atoms. The van der Waals surface area contributed by atoms with Crippen LogP contribution in [0.4, 0.5) is 11.4 Å². The minimum Gasteiger partial charge on any atom is -0.491 e. The Morgan fingerprint density at radius 2 is 1.79 bits per heavy atom. The second kappa shape index (κ2) is 8.39. The van der Waals surface area contributed by atoms with Crippen LogP contribution in [0.5, 0.6) is 5.75 Å². The Kier molecular flexibility index (Phi) is 6.24. The van der Waals surface area contributed by atoms with Gasteiger partial charge in [0, 0.05) is 17.4 Å². The van der Waals surface area contributed by atoms with E-state index in [1.165, 1.54) is 11.1 Å². The molecule has 2 N–H and O–H groups in total. The summed E-state index contributed by atoms with van der Waals surface area (Å²) in [5.41, 5.74) is 4.04. The number of hydrogen-bond acceptors (Lipinski definition) is 3. The quantitative estimate of drug-likeness (QED) is 0.786. The van der Waals surface area contributed by atoms with E-state index >= 15 is 0 Å². The average Bonchev–Trinajstić information content (AvgIpc) is 2.52. The Hall–Kier alpha value is -2.49. The van der Waals surface area contributed by atoms with E-state index in [1.54, 1.807) is 0 Å². The Balaban J connectivity index is 1.91. The fraction of sp³-hybridized carbons (Fsp3) is 0.350.